The van der Waals surface area contributed by atoms with Gasteiger partial charge in [0.1, 0.15) is 0 Å². The van der Waals surface area contributed by atoms with E-state index in [2.05, 4.69) is 12.2 Å². The molecule has 0 aromatic carbocycles. The Morgan fingerprint density at radius 2 is 1.53 bits per heavy atom. The molecule has 108 valence electrons. The summed E-state index contributed by atoms with van der Waals surface area (Å²) in [6.45, 7) is 2.21. The second-order valence-electron chi connectivity index (χ2n) is 6.26. The number of hydrogen-bond acceptors (Lipinski definition) is 2. The largest absolute Gasteiger partial charge is 0.481 e. The summed E-state index contributed by atoms with van der Waals surface area (Å²) in [7, 11) is 0. The molecule has 0 aromatic heterocycles. The number of nitrogens with one attached hydrogen (secondary N) is 1. The Morgan fingerprint density at radius 3 is 2.11 bits per heavy atom. The fourth-order valence-electron chi connectivity index (χ4n) is 3.43. The molecule has 2 fully saturated rings. The second kappa shape index (κ2) is 6.40. The van der Waals surface area contributed by atoms with Gasteiger partial charge in [-0.2, -0.15) is 0 Å². The molecule has 2 rings (SSSR count). The number of carbonyl (C=O) groups excluding carboxylic acids is 1. The van der Waals surface area contributed by atoms with Crippen LogP contribution in [-0.4, -0.2) is 23.0 Å². The zero-order chi connectivity index (χ0) is 13.8. The molecule has 0 aliphatic heterocycles. The van der Waals surface area contributed by atoms with E-state index in [9.17, 15) is 9.59 Å². The summed E-state index contributed by atoms with van der Waals surface area (Å²) < 4.78 is 0. The highest BCUT2D eigenvalue weighted by Crippen LogP contribution is 2.30. The lowest BCUT2D eigenvalue weighted by molar-refractivity contribution is -0.144. The van der Waals surface area contributed by atoms with Crippen molar-refractivity contribution in [3.63, 3.8) is 0 Å². The molecular weight excluding hydrogens is 242 g/mol. The average molecular weight is 267 g/mol. The van der Waals surface area contributed by atoms with Crippen LogP contribution in [0.3, 0.4) is 0 Å². The predicted octanol–water partition coefficient (Wildman–Crippen LogP) is 2.57. The Labute approximate surface area is 115 Å². The van der Waals surface area contributed by atoms with Gasteiger partial charge in [0, 0.05) is 12.0 Å². The van der Waals surface area contributed by atoms with Crippen molar-refractivity contribution >= 4 is 11.9 Å². The molecule has 19 heavy (non-hydrogen) atoms. The SMILES string of the molecule is CC1CCCCC1NC(=O)C1CCC(C(=O)O)CC1. The Kier molecular flexibility index (Phi) is 4.83. The van der Waals surface area contributed by atoms with Gasteiger partial charge in [-0.3, -0.25) is 9.59 Å². The van der Waals surface area contributed by atoms with Gasteiger partial charge in [0.05, 0.1) is 5.92 Å². The van der Waals surface area contributed by atoms with E-state index in [4.69, 9.17) is 5.11 Å². The van der Waals surface area contributed by atoms with Gasteiger partial charge < -0.3 is 10.4 Å². The fraction of sp³-hybridized carbons (Fsp3) is 0.867. The molecule has 0 radical (unpaired) electrons. The maximum Gasteiger partial charge on any atom is 0.306 e. The first kappa shape index (κ1) is 14.4. The van der Waals surface area contributed by atoms with Gasteiger partial charge in [-0.05, 0) is 44.4 Å². The summed E-state index contributed by atoms with van der Waals surface area (Å²) in [6.07, 6.45) is 7.53. The Morgan fingerprint density at radius 1 is 0.947 bits per heavy atom. The molecular formula is C15H25NO3. The van der Waals surface area contributed by atoms with E-state index in [0.717, 1.165) is 19.3 Å². The third-order valence-corrected chi connectivity index (χ3v) is 4.89. The summed E-state index contributed by atoms with van der Waals surface area (Å²) in [5, 5.41) is 12.2. The minimum absolute atomic E-state index is 0.0322. The molecule has 0 spiro atoms. The highest BCUT2D eigenvalue weighted by molar-refractivity contribution is 5.79. The molecule has 0 aromatic rings. The third-order valence-electron chi connectivity index (χ3n) is 4.89. The molecule has 0 heterocycles. The first-order chi connectivity index (χ1) is 9.08. The van der Waals surface area contributed by atoms with Gasteiger partial charge in [0.2, 0.25) is 5.91 Å². The van der Waals surface area contributed by atoms with Gasteiger partial charge in [0.25, 0.3) is 0 Å². The molecule has 2 atom stereocenters. The molecule has 2 N–H and O–H groups in total. The zero-order valence-corrected chi connectivity index (χ0v) is 11.7. The minimum atomic E-state index is -0.709. The number of aliphatic carboxylic acids is 1. The fourth-order valence-corrected chi connectivity index (χ4v) is 3.43. The summed E-state index contributed by atoms with van der Waals surface area (Å²) >= 11 is 0. The molecule has 0 bridgehead atoms. The van der Waals surface area contributed by atoms with E-state index >= 15 is 0 Å². The summed E-state index contributed by atoms with van der Waals surface area (Å²) in [5.74, 6) is -0.183. The van der Waals surface area contributed by atoms with E-state index < -0.39 is 5.97 Å². The van der Waals surface area contributed by atoms with Crippen LogP contribution in [-0.2, 0) is 9.59 Å². The normalized spacial score (nSPS) is 35.6. The number of amides is 1. The maximum absolute atomic E-state index is 12.2. The molecule has 1 amide bonds. The minimum Gasteiger partial charge on any atom is -0.481 e. The van der Waals surface area contributed by atoms with Crippen LogP contribution in [0.1, 0.15) is 58.3 Å². The Balaban J connectivity index is 1.79. The Hall–Kier alpha value is -1.06. The van der Waals surface area contributed by atoms with Crippen LogP contribution in [0.25, 0.3) is 0 Å². The van der Waals surface area contributed by atoms with E-state index in [1.807, 2.05) is 0 Å². The molecule has 2 unspecified atom stereocenters. The molecule has 2 aliphatic carbocycles. The van der Waals surface area contributed by atoms with E-state index in [0.29, 0.717) is 24.8 Å². The standard InChI is InChI=1S/C15H25NO3/c1-10-4-2-3-5-13(10)16-14(17)11-6-8-12(9-7-11)15(18)19/h10-13H,2-9H2,1H3,(H,16,17)(H,18,19). The van der Waals surface area contributed by atoms with Crippen LogP contribution < -0.4 is 5.32 Å². The van der Waals surface area contributed by atoms with Crippen LogP contribution in [0, 0.1) is 17.8 Å². The number of carbonyl (C=O) groups is 2. The molecule has 4 heteroatoms. The van der Waals surface area contributed by atoms with Gasteiger partial charge in [-0.1, -0.05) is 19.8 Å². The first-order valence-electron chi connectivity index (χ1n) is 7.61. The van der Waals surface area contributed by atoms with Crippen LogP contribution in [0.4, 0.5) is 0 Å². The molecule has 2 aliphatic rings. The van der Waals surface area contributed by atoms with Gasteiger partial charge in [-0.25, -0.2) is 0 Å². The number of carboxylic acids is 1. The van der Waals surface area contributed by atoms with Crippen LogP contribution >= 0.6 is 0 Å². The third kappa shape index (κ3) is 3.71. The lowest BCUT2D eigenvalue weighted by Gasteiger charge is -2.32. The Bertz CT molecular complexity index is 334. The summed E-state index contributed by atoms with van der Waals surface area (Å²) in [5.41, 5.74) is 0. The molecule has 2 saturated carbocycles. The van der Waals surface area contributed by atoms with Crippen molar-refractivity contribution in [2.75, 3.05) is 0 Å². The maximum atomic E-state index is 12.2. The highest BCUT2D eigenvalue weighted by atomic mass is 16.4. The van der Waals surface area contributed by atoms with Crippen molar-refractivity contribution in [3.05, 3.63) is 0 Å². The predicted molar refractivity (Wildman–Crippen MR) is 72.6 cm³/mol. The van der Waals surface area contributed by atoms with Crippen LogP contribution in [0.15, 0.2) is 0 Å². The number of rotatable bonds is 3. The number of hydrogen-bond donors (Lipinski definition) is 2. The van der Waals surface area contributed by atoms with Crippen LogP contribution in [0.5, 0.6) is 0 Å². The lowest BCUT2D eigenvalue weighted by Crippen LogP contribution is -2.44. The smallest absolute Gasteiger partial charge is 0.306 e. The lowest BCUT2D eigenvalue weighted by atomic mass is 9.80. The van der Waals surface area contributed by atoms with Gasteiger partial charge in [-0.15, -0.1) is 0 Å². The topological polar surface area (TPSA) is 66.4 Å². The van der Waals surface area contributed by atoms with Crippen LogP contribution in [0.2, 0.25) is 0 Å². The quantitative estimate of drug-likeness (QED) is 0.826. The van der Waals surface area contributed by atoms with Crippen molar-refractivity contribution < 1.29 is 14.7 Å². The van der Waals surface area contributed by atoms with Gasteiger partial charge >= 0.3 is 5.97 Å². The zero-order valence-electron chi connectivity index (χ0n) is 11.7. The first-order valence-corrected chi connectivity index (χ1v) is 7.61. The molecule has 0 saturated heterocycles. The van der Waals surface area contributed by atoms with E-state index in [1.165, 1.54) is 19.3 Å². The monoisotopic (exact) mass is 267 g/mol. The second-order valence-corrected chi connectivity index (χ2v) is 6.26. The van der Waals surface area contributed by atoms with Crippen molar-refractivity contribution in [3.8, 4) is 0 Å². The molecule has 4 nitrogen and oxygen atoms in total. The summed E-state index contributed by atoms with van der Waals surface area (Å²) in [4.78, 5) is 23.1. The van der Waals surface area contributed by atoms with Crippen molar-refractivity contribution in [1.82, 2.24) is 5.32 Å². The highest BCUT2D eigenvalue weighted by Gasteiger charge is 2.31. The van der Waals surface area contributed by atoms with Gasteiger partial charge in [0.15, 0.2) is 0 Å². The van der Waals surface area contributed by atoms with Crippen molar-refractivity contribution in [1.29, 1.82) is 0 Å². The average Bonchev–Trinajstić information content (AvgIpc) is 2.41. The van der Waals surface area contributed by atoms with E-state index in [-0.39, 0.29) is 17.7 Å². The van der Waals surface area contributed by atoms with E-state index in [1.54, 1.807) is 0 Å². The van der Waals surface area contributed by atoms with Crippen molar-refractivity contribution in [2.45, 2.75) is 64.3 Å². The summed E-state index contributed by atoms with van der Waals surface area (Å²) in [6, 6.07) is 0.332. The van der Waals surface area contributed by atoms with Crippen molar-refractivity contribution in [2.24, 2.45) is 17.8 Å². The number of carboxylic acid groups (broad SMARTS) is 1.